The highest BCUT2D eigenvalue weighted by atomic mass is 15.3. The zero-order valence-corrected chi connectivity index (χ0v) is 38.0. The zero-order chi connectivity index (χ0) is 43.5. The molecule has 316 valence electrons. The summed E-state index contributed by atoms with van der Waals surface area (Å²) in [7, 11) is 0. The van der Waals surface area contributed by atoms with Crippen molar-refractivity contribution in [2.24, 2.45) is 0 Å². The Balaban J connectivity index is 0.947. The van der Waals surface area contributed by atoms with E-state index in [1.165, 1.54) is 139 Å². The van der Waals surface area contributed by atoms with E-state index >= 15 is 0 Å². The smallest absolute Gasteiger partial charge is 0.0725 e. The predicted molar refractivity (Wildman–Crippen MR) is 270 cm³/mol. The largest absolute Gasteiger partial charge is 0.334 e. The van der Waals surface area contributed by atoms with Crippen LogP contribution in [0.2, 0.25) is 0 Å². The molecule has 0 amide bonds. The Morgan fingerprint density at radius 1 is 0.323 bits per heavy atom. The highest BCUT2D eigenvalue weighted by molar-refractivity contribution is 5.97. The summed E-state index contributed by atoms with van der Waals surface area (Å²) in [6.07, 6.45) is 7.29. The Bertz CT molecular complexity index is 3090. The van der Waals surface area contributed by atoms with E-state index in [0.29, 0.717) is 0 Å². The number of rotatable bonds is 4. The van der Waals surface area contributed by atoms with Crippen molar-refractivity contribution < 1.29 is 0 Å². The number of hydrogen-bond donors (Lipinski definition) is 0. The third kappa shape index (κ3) is 4.51. The molecule has 4 atom stereocenters. The van der Waals surface area contributed by atoms with Crippen LogP contribution >= 0.6 is 0 Å². The quantitative estimate of drug-likeness (QED) is 0.174. The van der Waals surface area contributed by atoms with E-state index in [0.717, 1.165) is 0 Å². The highest BCUT2D eigenvalue weighted by Crippen LogP contribution is 2.66. The van der Waals surface area contributed by atoms with Crippen LogP contribution in [0.3, 0.4) is 0 Å². The molecule has 4 unspecified atom stereocenters. The van der Waals surface area contributed by atoms with E-state index in [4.69, 9.17) is 0 Å². The molecule has 0 N–H and O–H groups in total. The van der Waals surface area contributed by atoms with E-state index < -0.39 is 5.41 Å². The van der Waals surface area contributed by atoms with Crippen molar-refractivity contribution >= 4 is 22.7 Å². The van der Waals surface area contributed by atoms with Gasteiger partial charge in [0.25, 0.3) is 0 Å². The fourth-order valence-electron chi connectivity index (χ4n) is 15.0. The van der Waals surface area contributed by atoms with Gasteiger partial charge in [0.2, 0.25) is 0 Å². The summed E-state index contributed by atoms with van der Waals surface area (Å²) in [5.41, 5.74) is 24.2. The first kappa shape index (κ1) is 37.7. The second-order valence-corrected chi connectivity index (χ2v) is 21.1. The molecular formula is C63H54N2. The molecule has 6 aliphatic rings. The van der Waals surface area contributed by atoms with Gasteiger partial charge >= 0.3 is 0 Å². The van der Waals surface area contributed by atoms with Gasteiger partial charge in [-0.1, -0.05) is 148 Å². The Morgan fingerprint density at radius 2 is 0.677 bits per heavy atom. The third-order valence-electron chi connectivity index (χ3n) is 18.5. The molecule has 0 aromatic heterocycles. The second-order valence-electron chi connectivity index (χ2n) is 21.1. The van der Waals surface area contributed by atoms with Gasteiger partial charge in [0, 0.05) is 33.6 Å². The average Bonchev–Trinajstić information content (AvgIpc) is 4.10. The summed E-state index contributed by atoms with van der Waals surface area (Å²) in [6, 6.07) is 70.3. The fourth-order valence-corrected chi connectivity index (χ4v) is 15.0. The lowest BCUT2D eigenvalue weighted by molar-refractivity contribution is 0.330. The molecule has 65 heavy (non-hydrogen) atoms. The number of fused-ring (bicyclic) bond motifs is 16. The van der Waals surface area contributed by atoms with Crippen molar-refractivity contribution in [3.63, 3.8) is 0 Å². The summed E-state index contributed by atoms with van der Waals surface area (Å²) >= 11 is 0. The molecule has 2 saturated carbocycles. The Kier molecular flexibility index (Phi) is 7.42. The van der Waals surface area contributed by atoms with Gasteiger partial charge in [0.05, 0.1) is 16.5 Å². The van der Waals surface area contributed by atoms with Crippen LogP contribution in [0.4, 0.5) is 22.7 Å². The first-order valence-corrected chi connectivity index (χ1v) is 24.2. The van der Waals surface area contributed by atoms with E-state index in [-0.39, 0.29) is 21.9 Å². The molecule has 2 nitrogen and oxygen atoms in total. The lowest BCUT2D eigenvalue weighted by Crippen LogP contribution is -2.48. The average molecular weight is 839 g/mol. The van der Waals surface area contributed by atoms with Crippen LogP contribution in [0.15, 0.2) is 182 Å². The minimum atomic E-state index is -0.447. The number of nitrogens with zero attached hydrogens (tertiary/aromatic N) is 2. The van der Waals surface area contributed by atoms with Gasteiger partial charge in [-0.3, -0.25) is 0 Å². The van der Waals surface area contributed by atoms with Crippen LogP contribution in [0.1, 0.15) is 99.6 Å². The molecule has 0 saturated heterocycles. The lowest BCUT2D eigenvalue weighted by atomic mass is 9.69. The molecule has 0 bridgehead atoms. The maximum absolute atomic E-state index is 2.67. The number of para-hydroxylation sites is 2. The summed E-state index contributed by atoms with van der Waals surface area (Å²) in [5.74, 6) is 0. The SMILES string of the molecule is CC12CCCC1(C)N(c1ccccc1)c1ccc(-c3ccc4c(c3)C3(c5ccccc5-c5ccccc53)c3cc(-c5ccc6c(c5)C5(C)CCCC5(C)N6c5ccccc5)ccc3-4)cc12. The molecule has 2 heteroatoms. The second kappa shape index (κ2) is 12.8. The van der Waals surface area contributed by atoms with E-state index in [2.05, 4.69) is 219 Å². The Hall–Kier alpha value is -6.64. The van der Waals surface area contributed by atoms with Crippen molar-refractivity contribution in [3.05, 3.63) is 215 Å². The van der Waals surface area contributed by atoms with Crippen molar-refractivity contribution in [1.82, 2.24) is 0 Å². The van der Waals surface area contributed by atoms with Gasteiger partial charge < -0.3 is 9.80 Å². The van der Waals surface area contributed by atoms with Gasteiger partial charge in [0.1, 0.15) is 0 Å². The molecule has 8 aromatic rings. The Morgan fingerprint density at radius 3 is 1.11 bits per heavy atom. The molecule has 14 rings (SSSR count). The molecule has 2 heterocycles. The summed E-state index contributed by atoms with van der Waals surface area (Å²) in [6.45, 7) is 10.1. The van der Waals surface area contributed by atoms with Crippen LogP contribution in [0.25, 0.3) is 44.5 Å². The third-order valence-corrected chi connectivity index (χ3v) is 18.5. The van der Waals surface area contributed by atoms with Crippen molar-refractivity contribution in [3.8, 4) is 44.5 Å². The van der Waals surface area contributed by atoms with Gasteiger partial charge in [0.15, 0.2) is 0 Å². The summed E-state index contributed by atoms with van der Waals surface area (Å²) in [5, 5.41) is 0. The first-order valence-electron chi connectivity index (χ1n) is 24.2. The predicted octanol–water partition coefficient (Wildman–Crippen LogP) is 16.1. The molecule has 2 fully saturated rings. The molecular weight excluding hydrogens is 785 g/mol. The van der Waals surface area contributed by atoms with Crippen LogP contribution < -0.4 is 9.80 Å². The van der Waals surface area contributed by atoms with E-state index in [1.54, 1.807) is 0 Å². The lowest BCUT2D eigenvalue weighted by Gasteiger charge is -2.42. The van der Waals surface area contributed by atoms with Crippen molar-refractivity contribution in [1.29, 1.82) is 0 Å². The summed E-state index contributed by atoms with van der Waals surface area (Å²) in [4.78, 5) is 5.34. The van der Waals surface area contributed by atoms with E-state index in [1.807, 2.05) is 0 Å². The minimum Gasteiger partial charge on any atom is -0.334 e. The van der Waals surface area contributed by atoms with Gasteiger partial charge in [-0.25, -0.2) is 0 Å². The normalized spacial score (nSPS) is 25.5. The van der Waals surface area contributed by atoms with E-state index in [9.17, 15) is 0 Å². The first-order chi connectivity index (χ1) is 31.7. The standard InChI is InChI=1S/C63H54N2/c1-59-33-15-35-61(59,3)64(45-17-7-5-8-18-45)57-31-27-43(39-55(57)59)41-25-29-49-50-30-26-42(38-54(50)63(53(49)37-41)51-23-13-11-21-47(51)48-22-12-14-24-52(48)63)44-28-32-58-56(40-44)60(2)34-16-36-62(60,4)65(58)46-19-9-6-10-20-46/h5-14,17-32,37-40H,15-16,33-36H2,1-4H3. The molecule has 2 aliphatic heterocycles. The van der Waals surface area contributed by atoms with Crippen molar-refractivity contribution in [2.45, 2.75) is 93.5 Å². The highest BCUT2D eigenvalue weighted by Gasteiger charge is 2.61. The molecule has 1 spiro atoms. The van der Waals surface area contributed by atoms with Crippen LogP contribution in [-0.2, 0) is 16.2 Å². The number of anilines is 4. The fraction of sp³-hybridized carbons (Fsp3) is 0.238. The maximum Gasteiger partial charge on any atom is 0.0725 e. The number of benzene rings is 8. The topological polar surface area (TPSA) is 6.48 Å². The van der Waals surface area contributed by atoms with Gasteiger partial charge in [-0.05, 0) is 178 Å². The summed E-state index contributed by atoms with van der Waals surface area (Å²) < 4.78 is 0. The zero-order valence-electron chi connectivity index (χ0n) is 38.0. The molecule has 8 aromatic carbocycles. The molecule has 0 radical (unpaired) electrons. The van der Waals surface area contributed by atoms with Gasteiger partial charge in [-0.2, -0.15) is 0 Å². The maximum atomic E-state index is 2.67. The molecule has 4 aliphatic carbocycles. The van der Waals surface area contributed by atoms with Crippen LogP contribution in [0.5, 0.6) is 0 Å². The van der Waals surface area contributed by atoms with Crippen molar-refractivity contribution in [2.75, 3.05) is 9.80 Å². The minimum absolute atomic E-state index is 0.0303. The van der Waals surface area contributed by atoms with Gasteiger partial charge in [-0.15, -0.1) is 0 Å². The monoisotopic (exact) mass is 838 g/mol. The Labute approximate surface area is 384 Å². The van der Waals surface area contributed by atoms with Crippen LogP contribution in [-0.4, -0.2) is 11.1 Å². The van der Waals surface area contributed by atoms with Crippen LogP contribution in [0, 0.1) is 0 Å². The number of hydrogen-bond acceptors (Lipinski definition) is 2.